The van der Waals surface area contributed by atoms with Gasteiger partial charge in [-0.15, -0.1) is 0 Å². The first kappa shape index (κ1) is 14.0. The van der Waals surface area contributed by atoms with Gasteiger partial charge in [0.1, 0.15) is 5.69 Å². The summed E-state index contributed by atoms with van der Waals surface area (Å²) in [4.78, 5) is 13.1. The number of hydrogen-bond donors (Lipinski definition) is 1. The molecule has 0 atom stereocenters. The second kappa shape index (κ2) is 6.22. The molecule has 3 rings (SSSR count). The molecule has 0 unspecified atom stereocenters. The Morgan fingerprint density at radius 1 is 1.00 bits per heavy atom. The lowest BCUT2D eigenvalue weighted by Crippen LogP contribution is -2.00. The van der Waals surface area contributed by atoms with Crippen molar-refractivity contribution in [3.05, 3.63) is 55.0 Å². The second-order valence-electron chi connectivity index (χ2n) is 4.70. The van der Waals surface area contributed by atoms with Crippen LogP contribution in [0.1, 0.15) is 6.92 Å². The Labute approximate surface area is 128 Å². The lowest BCUT2D eigenvalue weighted by molar-refractivity contribution is 0.339. The van der Waals surface area contributed by atoms with Gasteiger partial charge in [-0.25, -0.2) is 9.97 Å². The zero-order valence-corrected chi connectivity index (χ0v) is 12.2. The molecule has 0 spiro atoms. The molecule has 0 radical (unpaired) electrons. The van der Waals surface area contributed by atoms with Gasteiger partial charge in [0, 0.05) is 29.2 Å². The lowest BCUT2D eigenvalue weighted by atomic mass is 10.1. The zero-order chi connectivity index (χ0) is 15.4. The SMILES string of the molecule is CCOc1cnc(-c2ccc(N)cc2)nc1-c1ccncc1. The number of aromatic nitrogens is 3. The minimum Gasteiger partial charge on any atom is -0.490 e. The molecule has 0 saturated carbocycles. The van der Waals surface area contributed by atoms with Crippen LogP contribution in [0.3, 0.4) is 0 Å². The molecule has 5 nitrogen and oxygen atoms in total. The molecular weight excluding hydrogens is 276 g/mol. The third-order valence-electron chi connectivity index (χ3n) is 3.18. The molecule has 0 bridgehead atoms. The number of nitrogen functional groups attached to an aromatic ring is 1. The first-order valence-corrected chi connectivity index (χ1v) is 7.04. The summed E-state index contributed by atoms with van der Waals surface area (Å²) in [5.41, 5.74) is 9.04. The average molecular weight is 292 g/mol. The maximum atomic E-state index is 5.72. The molecule has 1 aromatic carbocycles. The van der Waals surface area contributed by atoms with Crippen molar-refractivity contribution < 1.29 is 4.74 Å². The van der Waals surface area contributed by atoms with E-state index in [0.717, 1.165) is 16.8 Å². The summed E-state index contributed by atoms with van der Waals surface area (Å²) in [5, 5.41) is 0. The predicted molar refractivity (Wildman–Crippen MR) is 86.3 cm³/mol. The second-order valence-corrected chi connectivity index (χ2v) is 4.70. The van der Waals surface area contributed by atoms with Gasteiger partial charge in [0.25, 0.3) is 0 Å². The van der Waals surface area contributed by atoms with Gasteiger partial charge in [-0.3, -0.25) is 4.98 Å². The van der Waals surface area contributed by atoms with Crippen LogP contribution in [0.4, 0.5) is 5.69 Å². The maximum Gasteiger partial charge on any atom is 0.163 e. The van der Waals surface area contributed by atoms with E-state index in [4.69, 9.17) is 10.5 Å². The van der Waals surface area contributed by atoms with E-state index >= 15 is 0 Å². The molecule has 3 aromatic rings. The summed E-state index contributed by atoms with van der Waals surface area (Å²) in [6.45, 7) is 2.49. The summed E-state index contributed by atoms with van der Waals surface area (Å²) < 4.78 is 5.64. The maximum absolute atomic E-state index is 5.72. The molecule has 0 aliphatic carbocycles. The van der Waals surface area contributed by atoms with Gasteiger partial charge in [0.05, 0.1) is 12.8 Å². The van der Waals surface area contributed by atoms with Crippen LogP contribution in [0, 0.1) is 0 Å². The Bertz CT molecular complexity index is 757. The van der Waals surface area contributed by atoms with Gasteiger partial charge in [-0.1, -0.05) is 0 Å². The van der Waals surface area contributed by atoms with E-state index in [-0.39, 0.29) is 0 Å². The van der Waals surface area contributed by atoms with Crippen molar-refractivity contribution in [2.24, 2.45) is 0 Å². The highest BCUT2D eigenvalue weighted by molar-refractivity contribution is 5.69. The van der Waals surface area contributed by atoms with Crippen molar-refractivity contribution in [1.82, 2.24) is 15.0 Å². The highest BCUT2D eigenvalue weighted by atomic mass is 16.5. The molecule has 5 heteroatoms. The van der Waals surface area contributed by atoms with Crippen molar-refractivity contribution in [2.75, 3.05) is 12.3 Å². The van der Waals surface area contributed by atoms with Gasteiger partial charge in [-0.2, -0.15) is 0 Å². The highest BCUT2D eigenvalue weighted by Gasteiger charge is 2.11. The minimum absolute atomic E-state index is 0.558. The van der Waals surface area contributed by atoms with Gasteiger partial charge in [-0.05, 0) is 43.3 Å². The van der Waals surface area contributed by atoms with E-state index in [1.165, 1.54) is 0 Å². The fourth-order valence-corrected chi connectivity index (χ4v) is 2.12. The average Bonchev–Trinajstić information content (AvgIpc) is 2.57. The molecular formula is C17H16N4O. The van der Waals surface area contributed by atoms with Crippen molar-refractivity contribution in [3.8, 4) is 28.4 Å². The minimum atomic E-state index is 0.558. The first-order chi connectivity index (χ1) is 10.8. The first-order valence-electron chi connectivity index (χ1n) is 7.04. The molecule has 0 fully saturated rings. The van der Waals surface area contributed by atoms with Crippen LogP contribution in [0.15, 0.2) is 55.0 Å². The molecule has 0 saturated heterocycles. The van der Waals surface area contributed by atoms with Crippen LogP contribution in [0.5, 0.6) is 5.75 Å². The number of rotatable bonds is 4. The Morgan fingerprint density at radius 3 is 2.41 bits per heavy atom. The fraction of sp³-hybridized carbons (Fsp3) is 0.118. The van der Waals surface area contributed by atoms with Crippen LogP contribution >= 0.6 is 0 Å². The third-order valence-corrected chi connectivity index (χ3v) is 3.18. The van der Waals surface area contributed by atoms with Crippen LogP contribution in [-0.2, 0) is 0 Å². The van der Waals surface area contributed by atoms with Crippen molar-refractivity contribution in [3.63, 3.8) is 0 Å². The molecule has 110 valence electrons. The van der Waals surface area contributed by atoms with Crippen molar-refractivity contribution in [1.29, 1.82) is 0 Å². The number of pyridine rings is 1. The summed E-state index contributed by atoms with van der Waals surface area (Å²) in [7, 11) is 0. The normalized spacial score (nSPS) is 10.4. The van der Waals surface area contributed by atoms with E-state index in [1.54, 1.807) is 18.6 Å². The molecule has 0 aliphatic heterocycles. The highest BCUT2D eigenvalue weighted by Crippen LogP contribution is 2.29. The standard InChI is InChI=1S/C17H16N4O/c1-2-22-15-11-20-17(13-3-5-14(18)6-4-13)21-16(15)12-7-9-19-10-8-12/h3-11H,2,18H2,1H3. The lowest BCUT2D eigenvalue weighted by Gasteiger charge is -2.10. The zero-order valence-electron chi connectivity index (χ0n) is 12.2. The van der Waals surface area contributed by atoms with Crippen molar-refractivity contribution >= 4 is 5.69 Å². The van der Waals surface area contributed by atoms with Gasteiger partial charge < -0.3 is 10.5 Å². The number of ether oxygens (including phenoxy) is 1. The third kappa shape index (κ3) is 2.88. The summed E-state index contributed by atoms with van der Waals surface area (Å²) in [6.07, 6.45) is 5.17. The van der Waals surface area contributed by atoms with Gasteiger partial charge in [0.15, 0.2) is 11.6 Å². The Hall–Kier alpha value is -2.95. The topological polar surface area (TPSA) is 73.9 Å². The molecule has 22 heavy (non-hydrogen) atoms. The fourth-order valence-electron chi connectivity index (χ4n) is 2.12. The Balaban J connectivity index is 2.09. The van der Waals surface area contributed by atoms with E-state index < -0.39 is 0 Å². The Morgan fingerprint density at radius 2 is 1.73 bits per heavy atom. The van der Waals surface area contributed by atoms with Crippen LogP contribution in [-0.4, -0.2) is 21.6 Å². The quantitative estimate of drug-likeness (QED) is 0.747. The number of nitrogens with zero attached hydrogens (tertiary/aromatic N) is 3. The number of benzene rings is 1. The Kier molecular flexibility index (Phi) is 3.96. The summed E-state index contributed by atoms with van der Waals surface area (Å²) >= 11 is 0. The van der Waals surface area contributed by atoms with Crippen molar-refractivity contribution in [2.45, 2.75) is 6.92 Å². The van der Waals surface area contributed by atoms with E-state index in [2.05, 4.69) is 15.0 Å². The van der Waals surface area contributed by atoms with E-state index in [0.29, 0.717) is 23.9 Å². The summed E-state index contributed by atoms with van der Waals surface area (Å²) in [5.74, 6) is 1.29. The van der Waals surface area contributed by atoms with Gasteiger partial charge >= 0.3 is 0 Å². The number of hydrogen-bond acceptors (Lipinski definition) is 5. The van der Waals surface area contributed by atoms with E-state index in [9.17, 15) is 0 Å². The van der Waals surface area contributed by atoms with Crippen LogP contribution in [0.2, 0.25) is 0 Å². The predicted octanol–water partition coefficient (Wildman–Crippen LogP) is 3.19. The molecule has 0 aliphatic rings. The monoisotopic (exact) mass is 292 g/mol. The molecule has 2 N–H and O–H groups in total. The molecule has 2 aromatic heterocycles. The smallest absolute Gasteiger partial charge is 0.163 e. The summed E-state index contributed by atoms with van der Waals surface area (Å²) in [6, 6.07) is 11.3. The largest absolute Gasteiger partial charge is 0.490 e. The van der Waals surface area contributed by atoms with Gasteiger partial charge in [0.2, 0.25) is 0 Å². The number of nitrogens with two attached hydrogens (primary N) is 1. The van der Waals surface area contributed by atoms with E-state index in [1.807, 2.05) is 43.3 Å². The van der Waals surface area contributed by atoms with Crippen LogP contribution < -0.4 is 10.5 Å². The van der Waals surface area contributed by atoms with Crippen LogP contribution in [0.25, 0.3) is 22.6 Å². The number of anilines is 1. The molecule has 0 amide bonds. The molecule has 2 heterocycles.